The van der Waals surface area contributed by atoms with Crippen LogP contribution < -0.4 is 5.32 Å². The molecular formula is C15H31N3O2. The highest BCUT2D eigenvalue weighted by Gasteiger charge is 2.30. The van der Waals surface area contributed by atoms with Crippen molar-refractivity contribution in [3.05, 3.63) is 0 Å². The third-order valence-electron chi connectivity index (χ3n) is 4.43. The Kier molecular flexibility index (Phi) is 6.27. The lowest BCUT2D eigenvalue weighted by Gasteiger charge is -2.43. The van der Waals surface area contributed by atoms with E-state index in [4.69, 9.17) is 5.11 Å². The number of nitrogens with zero attached hydrogens (tertiary/aromatic N) is 2. The van der Waals surface area contributed by atoms with Crippen LogP contribution in [0.5, 0.6) is 0 Å². The summed E-state index contributed by atoms with van der Waals surface area (Å²) in [5.41, 5.74) is -0.0341. The summed E-state index contributed by atoms with van der Waals surface area (Å²) in [6, 6.07) is -0.280. The lowest BCUT2D eigenvalue weighted by molar-refractivity contribution is 0.0703. The fourth-order valence-corrected chi connectivity index (χ4v) is 2.59. The fraction of sp³-hybridized carbons (Fsp3) is 0.933. The Balaban J connectivity index is 2.48. The van der Waals surface area contributed by atoms with Gasteiger partial charge in [-0.25, -0.2) is 4.79 Å². The van der Waals surface area contributed by atoms with Gasteiger partial charge in [-0.15, -0.1) is 0 Å². The van der Waals surface area contributed by atoms with Crippen LogP contribution >= 0.6 is 0 Å². The molecule has 2 atom stereocenters. The number of hydrogen-bond donors (Lipinski definition) is 2. The Morgan fingerprint density at radius 3 is 2.75 bits per heavy atom. The Morgan fingerprint density at radius 1 is 1.55 bits per heavy atom. The maximum Gasteiger partial charge on any atom is 0.317 e. The van der Waals surface area contributed by atoms with E-state index in [2.05, 4.69) is 31.0 Å². The lowest BCUT2D eigenvalue weighted by atomic mass is 9.93. The molecule has 0 saturated carbocycles. The number of piperidine rings is 1. The van der Waals surface area contributed by atoms with Crippen LogP contribution in [-0.2, 0) is 0 Å². The molecule has 1 saturated heterocycles. The first-order chi connectivity index (χ1) is 9.27. The van der Waals surface area contributed by atoms with Crippen LogP contribution in [-0.4, -0.2) is 65.8 Å². The third-order valence-corrected chi connectivity index (χ3v) is 4.43. The van der Waals surface area contributed by atoms with Crippen LogP contribution in [0.25, 0.3) is 0 Å². The molecule has 1 heterocycles. The average molecular weight is 285 g/mol. The molecule has 0 aromatic heterocycles. The summed E-state index contributed by atoms with van der Waals surface area (Å²) in [5, 5.41) is 12.1. The van der Waals surface area contributed by atoms with E-state index in [9.17, 15) is 4.79 Å². The first-order valence-corrected chi connectivity index (χ1v) is 7.64. The van der Waals surface area contributed by atoms with Crippen LogP contribution in [0.4, 0.5) is 4.79 Å². The van der Waals surface area contributed by atoms with Crippen molar-refractivity contribution in [2.45, 2.75) is 52.1 Å². The predicted molar refractivity (Wildman–Crippen MR) is 81.8 cm³/mol. The Bertz CT molecular complexity index is 320. The summed E-state index contributed by atoms with van der Waals surface area (Å²) in [6.07, 6.45) is 2.54. The van der Waals surface area contributed by atoms with E-state index < -0.39 is 0 Å². The standard InChI is InChI=1S/C15H31N3O2/c1-12-7-6-8-18(9-12)15(3,4)11-16-14(20)17(5)13(2)10-19/h12-13,19H,6-11H2,1-5H3,(H,16,20). The van der Waals surface area contributed by atoms with Crippen molar-refractivity contribution < 1.29 is 9.90 Å². The molecule has 0 spiro atoms. The number of urea groups is 1. The van der Waals surface area contributed by atoms with Gasteiger partial charge in [0.25, 0.3) is 0 Å². The number of likely N-dealkylation sites (tertiary alicyclic amines) is 1. The van der Waals surface area contributed by atoms with Crippen molar-refractivity contribution in [1.29, 1.82) is 0 Å². The zero-order chi connectivity index (χ0) is 15.3. The highest BCUT2D eigenvalue weighted by Crippen LogP contribution is 2.23. The van der Waals surface area contributed by atoms with Crippen molar-refractivity contribution in [3.63, 3.8) is 0 Å². The van der Waals surface area contributed by atoms with Crippen LogP contribution in [0.15, 0.2) is 0 Å². The number of hydrogen-bond acceptors (Lipinski definition) is 3. The number of aliphatic hydroxyl groups is 1. The van der Waals surface area contributed by atoms with Crippen molar-refractivity contribution >= 4 is 6.03 Å². The molecule has 0 aromatic carbocycles. The lowest BCUT2D eigenvalue weighted by Crippen LogP contribution is -2.56. The van der Waals surface area contributed by atoms with Gasteiger partial charge in [0.05, 0.1) is 12.6 Å². The fourth-order valence-electron chi connectivity index (χ4n) is 2.59. The maximum atomic E-state index is 12.0. The molecule has 0 radical (unpaired) electrons. The van der Waals surface area contributed by atoms with E-state index in [1.165, 1.54) is 12.8 Å². The minimum Gasteiger partial charge on any atom is -0.394 e. The number of likely N-dealkylation sites (N-methyl/N-ethyl adjacent to an activating group) is 1. The number of nitrogens with one attached hydrogen (secondary N) is 1. The summed E-state index contributed by atoms with van der Waals surface area (Å²) in [6.45, 7) is 11.3. The average Bonchev–Trinajstić information content (AvgIpc) is 2.43. The maximum absolute atomic E-state index is 12.0. The Labute approximate surface area is 123 Å². The van der Waals surface area contributed by atoms with Crippen LogP contribution in [0.3, 0.4) is 0 Å². The first-order valence-electron chi connectivity index (χ1n) is 7.64. The van der Waals surface area contributed by atoms with Gasteiger partial charge >= 0.3 is 6.03 Å². The Morgan fingerprint density at radius 2 is 2.20 bits per heavy atom. The zero-order valence-corrected chi connectivity index (χ0v) is 13.6. The molecule has 2 N–H and O–H groups in total. The summed E-state index contributed by atoms with van der Waals surface area (Å²) in [7, 11) is 1.71. The zero-order valence-electron chi connectivity index (χ0n) is 13.6. The van der Waals surface area contributed by atoms with E-state index in [0.717, 1.165) is 19.0 Å². The van der Waals surface area contributed by atoms with E-state index in [1.54, 1.807) is 11.9 Å². The number of carbonyl (C=O) groups is 1. The Hall–Kier alpha value is -0.810. The molecule has 1 fully saturated rings. The second kappa shape index (κ2) is 7.27. The third kappa shape index (κ3) is 4.63. The van der Waals surface area contributed by atoms with Gasteiger partial charge < -0.3 is 15.3 Å². The number of aliphatic hydroxyl groups excluding tert-OH is 1. The van der Waals surface area contributed by atoms with E-state index >= 15 is 0 Å². The van der Waals surface area contributed by atoms with Crippen molar-refractivity contribution in [2.75, 3.05) is 33.3 Å². The minimum absolute atomic E-state index is 0.0169. The number of amides is 2. The van der Waals surface area contributed by atoms with Gasteiger partial charge in [-0.1, -0.05) is 6.92 Å². The van der Waals surface area contributed by atoms with E-state index in [1.807, 2.05) is 6.92 Å². The summed E-state index contributed by atoms with van der Waals surface area (Å²) in [4.78, 5) is 16.0. The summed E-state index contributed by atoms with van der Waals surface area (Å²) < 4.78 is 0. The molecule has 0 bridgehead atoms. The molecule has 2 amide bonds. The van der Waals surface area contributed by atoms with Gasteiger partial charge in [0.1, 0.15) is 0 Å². The monoisotopic (exact) mass is 285 g/mol. The van der Waals surface area contributed by atoms with Gasteiger partial charge in [0.2, 0.25) is 0 Å². The molecule has 1 aliphatic heterocycles. The molecule has 1 aliphatic rings. The van der Waals surface area contributed by atoms with Crippen LogP contribution in [0, 0.1) is 5.92 Å². The van der Waals surface area contributed by atoms with Gasteiger partial charge in [-0.2, -0.15) is 0 Å². The SMILES string of the molecule is CC1CCCN(C(C)(C)CNC(=O)N(C)C(C)CO)C1. The van der Waals surface area contributed by atoms with Crippen molar-refractivity contribution in [2.24, 2.45) is 5.92 Å². The highest BCUT2D eigenvalue weighted by atomic mass is 16.3. The molecular weight excluding hydrogens is 254 g/mol. The molecule has 0 aliphatic carbocycles. The van der Waals surface area contributed by atoms with Gasteiger partial charge in [-0.3, -0.25) is 4.90 Å². The molecule has 5 nitrogen and oxygen atoms in total. The topological polar surface area (TPSA) is 55.8 Å². The molecule has 118 valence electrons. The van der Waals surface area contributed by atoms with Crippen LogP contribution in [0.1, 0.15) is 40.5 Å². The van der Waals surface area contributed by atoms with Gasteiger partial charge in [-0.05, 0) is 46.1 Å². The number of carbonyl (C=O) groups excluding carboxylic acids is 1. The van der Waals surface area contributed by atoms with Crippen LogP contribution in [0.2, 0.25) is 0 Å². The predicted octanol–water partition coefficient (Wildman–Crippen LogP) is 1.52. The first kappa shape index (κ1) is 17.2. The molecule has 5 heteroatoms. The quantitative estimate of drug-likeness (QED) is 0.805. The smallest absolute Gasteiger partial charge is 0.317 e. The largest absolute Gasteiger partial charge is 0.394 e. The highest BCUT2D eigenvalue weighted by molar-refractivity contribution is 5.74. The summed E-state index contributed by atoms with van der Waals surface area (Å²) in [5.74, 6) is 0.732. The molecule has 0 aromatic rings. The second-order valence-electron chi connectivity index (χ2n) is 6.81. The molecule has 2 unspecified atom stereocenters. The minimum atomic E-state index is -0.159. The van der Waals surface area contributed by atoms with Crippen molar-refractivity contribution in [3.8, 4) is 0 Å². The molecule has 20 heavy (non-hydrogen) atoms. The van der Waals surface area contributed by atoms with Gasteiger partial charge in [0.15, 0.2) is 0 Å². The van der Waals surface area contributed by atoms with Gasteiger partial charge in [0, 0.05) is 25.7 Å². The summed E-state index contributed by atoms with van der Waals surface area (Å²) >= 11 is 0. The second-order valence-corrected chi connectivity index (χ2v) is 6.81. The van der Waals surface area contributed by atoms with E-state index in [0.29, 0.717) is 6.54 Å². The van der Waals surface area contributed by atoms with E-state index in [-0.39, 0.29) is 24.2 Å². The number of rotatable bonds is 5. The van der Waals surface area contributed by atoms with Crippen molar-refractivity contribution in [1.82, 2.24) is 15.1 Å². The molecule has 1 rings (SSSR count). The normalized spacial score (nSPS) is 22.4.